The number of halogens is 1. The third-order valence-electron chi connectivity index (χ3n) is 3.64. The van der Waals surface area contributed by atoms with Crippen LogP contribution in [-0.4, -0.2) is 29.1 Å². The van der Waals surface area contributed by atoms with E-state index in [-0.39, 0.29) is 24.0 Å². The number of aromatic nitrogens is 1. The average Bonchev–Trinajstić information content (AvgIpc) is 3.06. The van der Waals surface area contributed by atoms with E-state index >= 15 is 0 Å². The van der Waals surface area contributed by atoms with E-state index < -0.39 is 5.60 Å². The minimum atomic E-state index is -0.965. The molecule has 2 aromatic rings. The third-order valence-corrected chi connectivity index (χ3v) is 4.68. The van der Waals surface area contributed by atoms with Crippen molar-refractivity contribution in [1.29, 1.82) is 0 Å². The fourth-order valence-electron chi connectivity index (χ4n) is 2.24. The smallest absolute Gasteiger partial charge is 0.191 e. The second-order valence-electron chi connectivity index (χ2n) is 5.77. The summed E-state index contributed by atoms with van der Waals surface area (Å²) < 4.78 is 0. The molecule has 7 heteroatoms. The van der Waals surface area contributed by atoms with Gasteiger partial charge >= 0.3 is 0 Å². The standard InChI is InChI=1S/C18H26N4OS.HI/c1-4-16-22-15(12-24-16)11-20-17(19-5-2)21-13-18(3,23)14-9-7-6-8-10-14;/h6-10,12,23H,4-5,11,13H2,1-3H3,(H2,19,20,21);1H. The number of guanidine groups is 1. The van der Waals surface area contributed by atoms with Gasteiger partial charge in [-0.2, -0.15) is 0 Å². The Bertz CT molecular complexity index is 658. The Morgan fingerprint density at radius 3 is 2.56 bits per heavy atom. The van der Waals surface area contributed by atoms with Gasteiger partial charge in [0.1, 0.15) is 5.60 Å². The summed E-state index contributed by atoms with van der Waals surface area (Å²) in [5.74, 6) is 0.680. The highest BCUT2D eigenvalue weighted by atomic mass is 127. The van der Waals surface area contributed by atoms with Crippen LogP contribution in [0.3, 0.4) is 0 Å². The number of aliphatic imine (C=N–C) groups is 1. The van der Waals surface area contributed by atoms with Gasteiger partial charge in [0.05, 0.1) is 23.8 Å². The predicted molar refractivity (Wildman–Crippen MR) is 116 cm³/mol. The quantitative estimate of drug-likeness (QED) is 0.327. The van der Waals surface area contributed by atoms with E-state index in [1.54, 1.807) is 18.3 Å². The molecule has 0 amide bonds. The summed E-state index contributed by atoms with van der Waals surface area (Å²) in [5.41, 5.74) is 0.886. The minimum absolute atomic E-state index is 0. The second kappa shape index (κ2) is 10.7. The number of hydrogen-bond acceptors (Lipinski definition) is 4. The summed E-state index contributed by atoms with van der Waals surface area (Å²) >= 11 is 1.67. The van der Waals surface area contributed by atoms with Crippen LogP contribution in [-0.2, 0) is 18.6 Å². The Balaban J connectivity index is 0.00000312. The molecule has 138 valence electrons. The highest BCUT2D eigenvalue weighted by molar-refractivity contribution is 14.0. The number of thiazole rings is 1. The first-order valence-corrected chi connectivity index (χ1v) is 9.16. The van der Waals surface area contributed by atoms with Crippen LogP contribution in [0.2, 0.25) is 0 Å². The Labute approximate surface area is 171 Å². The zero-order chi connectivity index (χ0) is 17.4. The number of hydrogen-bond donors (Lipinski definition) is 3. The summed E-state index contributed by atoms with van der Waals surface area (Å²) in [7, 11) is 0. The fourth-order valence-corrected chi connectivity index (χ4v) is 2.98. The Kier molecular flexibility index (Phi) is 9.37. The molecule has 25 heavy (non-hydrogen) atoms. The lowest BCUT2D eigenvalue weighted by Gasteiger charge is -2.25. The van der Waals surface area contributed by atoms with Gasteiger partial charge in [0, 0.05) is 11.9 Å². The van der Waals surface area contributed by atoms with Crippen LogP contribution >= 0.6 is 35.3 Å². The molecular formula is C18H27IN4OS. The summed E-state index contributed by atoms with van der Waals surface area (Å²) in [4.78, 5) is 9.08. The minimum Gasteiger partial charge on any atom is -0.384 e. The molecule has 1 aromatic carbocycles. The zero-order valence-electron chi connectivity index (χ0n) is 15.0. The fraction of sp³-hybridized carbons (Fsp3) is 0.444. The SMILES string of the molecule is CCNC(=NCc1csc(CC)n1)NCC(C)(O)c1ccccc1.I. The maximum Gasteiger partial charge on any atom is 0.191 e. The Hall–Kier alpha value is -1.19. The monoisotopic (exact) mass is 474 g/mol. The van der Waals surface area contributed by atoms with E-state index in [1.807, 2.05) is 42.6 Å². The van der Waals surface area contributed by atoms with Crippen molar-refractivity contribution in [2.75, 3.05) is 13.1 Å². The van der Waals surface area contributed by atoms with Crippen molar-refractivity contribution in [3.8, 4) is 0 Å². The number of nitrogens with one attached hydrogen (secondary N) is 2. The van der Waals surface area contributed by atoms with Gasteiger partial charge in [-0.3, -0.25) is 0 Å². The molecule has 3 N–H and O–H groups in total. The van der Waals surface area contributed by atoms with Crippen LogP contribution in [0.1, 0.15) is 37.0 Å². The topological polar surface area (TPSA) is 69.5 Å². The van der Waals surface area contributed by atoms with Crippen LogP contribution in [0.25, 0.3) is 0 Å². The normalized spacial score (nSPS) is 13.7. The summed E-state index contributed by atoms with van der Waals surface area (Å²) in [6.07, 6.45) is 0.951. The molecule has 0 spiro atoms. The van der Waals surface area contributed by atoms with Crippen molar-refractivity contribution < 1.29 is 5.11 Å². The van der Waals surface area contributed by atoms with Crippen molar-refractivity contribution >= 4 is 41.3 Å². The molecule has 1 unspecified atom stereocenters. The number of rotatable bonds is 7. The average molecular weight is 474 g/mol. The van der Waals surface area contributed by atoms with Crippen molar-refractivity contribution in [2.24, 2.45) is 4.99 Å². The molecule has 0 aliphatic heterocycles. The van der Waals surface area contributed by atoms with Gasteiger partial charge < -0.3 is 15.7 Å². The highest BCUT2D eigenvalue weighted by Crippen LogP contribution is 2.18. The van der Waals surface area contributed by atoms with Gasteiger partial charge in [-0.25, -0.2) is 9.98 Å². The molecule has 0 radical (unpaired) electrons. The number of nitrogens with zero attached hydrogens (tertiary/aromatic N) is 2. The molecule has 0 aliphatic carbocycles. The first-order valence-electron chi connectivity index (χ1n) is 8.28. The molecule has 0 aliphatic rings. The van der Waals surface area contributed by atoms with E-state index in [0.717, 1.165) is 29.2 Å². The maximum atomic E-state index is 10.7. The zero-order valence-corrected chi connectivity index (χ0v) is 18.1. The van der Waals surface area contributed by atoms with Gasteiger partial charge in [-0.1, -0.05) is 37.3 Å². The number of aryl methyl sites for hydroxylation is 1. The molecule has 1 aromatic heterocycles. The first kappa shape index (κ1) is 21.9. The van der Waals surface area contributed by atoms with Crippen LogP contribution in [0, 0.1) is 0 Å². The molecular weight excluding hydrogens is 447 g/mol. The van der Waals surface area contributed by atoms with E-state index in [4.69, 9.17) is 0 Å². The second-order valence-corrected chi connectivity index (χ2v) is 6.72. The molecule has 5 nitrogen and oxygen atoms in total. The molecule has 0 saturated carbocycles. The maximum absolute atomic E-state index is 10.7. The van der Waals surface area contributed by atoms with Gasteiger partial charge in [0.25, 0.3) is 0 Å². The van der Waals surface area contributed by atoms with E-state index in [9.17, 15) is 5.11 Å². The summed E-state index contributed by atoms with van der Waals surface area (Å²) in [6.45, 7) is 7.58. The van der Waals surface area contributed by atoms with E-state index in [0.29, 0.717) is 19.0 Å². The van der Waals surface area contributed by atoms with E-state index in [2.05, 4.69) is 27.5 Å². The molecule has 0 bridgehead atoms. The Morgan fingerprint density at radius 1 is 1.24 bits per heavy atom. The van der Waals surface area contributed by atoms with Crippen molar-refractivity contribution in [2.45, 2.75) is 39.3 Å². The van der Waals surface area contributed by atoms with Crippen LogP contribution in [0.5, 0.6) is 0 Å². The first-order chi connectivity index (χ1) is 11.5. The third kappa shape index (κ3) is 6.91. The number of aliphatic hydroxyl groups is 1. The lowest BCUT2D eigenvalue weighted by molar-refractivity contribution is 0.0617. The van der Waals surface area contributed by atoms with Gasteiger partial charge in [-0.05, 0) is 25.8 Å². The van der Waals surface area contributed by atoms with Crippen molar-refractivity contribution in [3.05, 3.63) is 52.0 Å². The van der Waals surface area contributed by atoms with Crippen LogP contribution in [0.4, 0.5) is 0 Å². The van der Waals surface area contributed by atoms with Crippen LogP contribution in [0.15, 0.2) is 40.7 Å². The molecule has 1 atom stereocenters. The Morgan fingerprint density at radius 2 is 1.96 bits per heavy atom. The van der Waals surface area contributed by atoms with E-state index in [1.165, 1.54) is 0 Å². The summed E-state index contributed by atoms with van der Waals surface area (Å²) in [5, 5.41) is 20.3. The lowest BCUT2D eigenvalue weighted by atomic mass is 9.96. The van der Waals surface area contributed by atoms with Gasteiger partial charge in [-0.15, -0.1) is 35.3 Å². The molecule has 0 saturated heterocycles. The lowest BCUT2D eigenvalue weighted by Crippen LogP contribution is -2.44. The van der Waals surface area contributed by atoms with Crippen LogP contribution < -0.4 is 10.6 Å². The van der Waals surface area contributed by atoms with Crippen molar-refractivity contribution in [3.63, 3.8) is 0 Å². The largest absolute Gasteiger partial charge is 0.384 e. The molecule has 1 heterocycles. The number of benzene rings is 1. The predicted octanol–water partition coefficient (Wildman–Crippen LogP) is 3.29. The molecule has 0 fully saturated rings. The van der Waals surface area contributed by atoms with Gasteiger partial charge in [0.2, 0.25) is 0 Å². The van der Waals surface area contributed by atoms with Crippen molar-refractivity contribution in [1.82, 2.24) is 15.6 Å². The molecule has 2 rings (SSSR count). The highest BCUT2D eigenvalue weighted by Gasteiger charge is 2.22. The van der Waals surface area contributed by atoms with Gasteiger partial charge in [0.15, 0.2) is 5.96 Å². The summed E-state index contributed by atoms with van der Waals surface area (Å²) in [6, 6.07) is 9.64.